The molecular weight excluding hydrogens is 436 g/mol. The number of carbonyl (C=O) groups is 4. The molecule has 0 amide bonds. The Hall–Kier alpha value is -4.26. The van der Waals surface area contributed by atoms with E-state index in [2.05, 4.69) is 0 Å². The number of aromatic hydroxyl groups is 2. The van der Waals surface area contributed by atoms with Crippen LogP contribution in [0.3, 0.4) is 0 Å². The molecule has 34 heavy (non-hydrogen) atoms. The number of ether oxygens (including phenoxy) is 1. The summed E-state index contributed by atoms with van der Waals surface area (Å²) < 4.78 is 5.44. The fourth-order valence-electron chi connectivity index (χ4n) is 3.44. The molecule has 2 N–H and O–H groups in total. The first kappa shape index (κ1) is 24.4. The van der Waals surface area contributed by atoms with Crippen LogP contribution in [0.2, 0.25) is 0 Å². The van der Waals surface area contributed by atoms with Gasteiger partial charge >= 0.3 is 5.97 Å². The van der Waals surface area contributed by atoms with Crippen molar-refractivity contribution >= 4 is 23.3 Å². The number of benzene rings is 2. The second-order valence-electron chi connectivity index (χ2n) is 8.15. The van der Waals surface area contributed by atoms with E-state index >= 15 is 0 Å². The summed E-state index contributed by atoms with van der Waals surface area (Å²) in [5.41, 5.74) is 1.50. The number of fused-ring (bicyclic) bond motifs is 1. The minimum absolute atomic E-state index is 0.0909. The van der Waals surface area contributed by atoms with Crippen molar-refractivity contribution in [2.75, 3.05) is 0 Å². The van der Waals surface area contributed by atoms with Crippen molar-refractivity contribution in [1.82, 2.24) is 0 Å². The molecule has 3 rings (SSSR count). The number of phenolic OH excluding ortho intramolecular Hbond substituents is 2. The molecule has 1 aliphatic rings. The largest absolute Gasteiger partial charge is 0.507 e. The molecule has 174 valence electrons. The van der Waals surface area contributed by atoms with Crippen LogP contribution in [-0.2, 0) is 9.53 Å². The summed E-state index contributed by atoms with van der Waals surface area (Å²) in [5, 5.41) is 20.2. The van der Waals surface area contributed by atoms with Gasteiger partial charge in [-0.1, -0.05) is 41.5 Å². The highest BCUT2D eigenvalue weighted by molar-refractivity contribution is 6.27. The summed E-state index contributed by atoms with van der Waals surface area (Å²) in [6.07, 6.45) is 3.72. The predicted octanol–water partition coefficient (Wildman–Crippen LogP) is 4.42. The number of hydrogen-bond donors (Lipinski definition) is 2. The minimum Gasteiger partial charge on any atom is -0.507 e. The van der Waals surface area contributed by atoms with Gasteiger partial charge in [-0.25, -0.2) is 4.79 Å². The van der Waals surface area contributed by atoms with Crippen LogP contribution in [0.5, 0.6) is 11.5 Å². The summed E-state index contributed by atoms with van der Waals surface area (Å²) in [5.74, 6) is -3.59. The van der Waals surface area contributed by atoms with Crippen molar-refractivity contribution in [1.29, 1.82) is 0 Å². The van der Waals surface area contributed by atoms with Crippen LogP contribution in [-0.4, -0.2) is 39.6 Å². The van der Waals surface area contributed by atoms with Crippen LogP contribution in [0.25, 0.3) is 0 Å². The maximum absolute atomic E-state index is 13.1. The van der Waals surface area contributed by atoms with Gasteiger partial charge in [0.2, 0.25) is 0 Å². The molecule has 7 nitrogen and oxygen atoms in total. The zero-order chi connectivity index (χ0) is 25.0. The van der Waals surface area contributed by atoms with E-state index in [0.29, 0.717) is 5.56 Å². The topological polar surface area (TPSA) is 118 Å². The molecule has 0 aromatic heterocycles. The summed E-state index contributed by atoms with van der Waals surface area (Å²) >= 11 is 0. The smallest absolute Gasteiger partial charge is 0.331 e. The number of hydrogen-bond acceptors (Lipinski definition) is 7. The molecule has 0 unspecified atom stereocenters. The number of phenols is 2. The van der Waals surface area contributed by atoms with Crippen molar-refractivity contribution in [2.45, 2.75) is 33.3 Å². The lowest BCUT2D eigenvalue weighted by molar-refractivity contribution is -0.141. The van der Waals surface area contributed by atoms with E-state index in [1.165, 1.54) is 0 Å². The van der Waals surface area contributed by atoms with Gasteiger partial charge < -0.3 is 14.9 Å². The van der Waals surface area contributed by atoms with Crippen molar-refractivity contribution in [3.05, 3.63) is 94.1 Å². The molecule has 2 aromatic carbocycles. The van der Waals surface area contributed by atoms with E-state index in [0.717, 1.165) is 41.5 Å². The molecule has 7 heteroatoms. The highest BCUT2D eigenvalue weighted by Gasteiger charge is 2.35. The second-order valence-corrected chi connectivity index (χ2v) is 8.15. The summed E-state index contributed by atoms with van der Waals surface area (Å²) in [4.78, 5) is 50.5. The van der Waals surface area contributed by atoms with Crippen LogP contribution in [0, 0.1) is 6.92 Å². The number of allylic oxidation sites excluding steroid dienone is 3. The molecule has 0 aliphatic heterocycles. The Morgan fingerprint density at radius 3 is 2.18 bits per heavy atom. The van der Waals surface area contributed by atoms with Crippen LogP contribution >= 0.6 is 0 Å². The molecule has 1 aliphatic carbocycles. The molecule has 0 bridgehead atoms. The van der Waals surface area contributed by atoms with E-state index in [4.69, 9.17) is 4.74 Å². The fourth-order valence-corrected chi connectivity index (χ4v) is 3.44. The van der Waals surface area contributed by atoms with E-state index in [-0.39, 0.29) is 23.1 Å². The molecule has 0 heterocycles. The Bertz CT molecular complexity index is 1260. The van der Waals surface area contributed by atoms with Gasteiger partial charge in [0.25, 0.3) is 0 Å². The van der Waals surface area contributed by atoms with E-state index in [1.807, 2.05) is 20.8 Å². The highest BCUT2D eigenvalue weighted by Crippen LogP contribution is 2.36. The lowest BCUT2D eigenvalue weighted by atomic mass is 9.85. The third-order valence-electron chi connectivity index (χ3n) is 5.24. The number of Topliss-reactive ketones (excluding diaryl/α,β-unsaturated/α-hetero) is 1. The fraction of sp³-hybridized carbons (Fsp3) is 0.185. The lowest BCUT2D eigenvalue weighted by Crippen LogP contribution is -2.28. The van der Waals surface area contributed by atoms with Gasteiger partial charge in [0, 0.05) is 23.6 Å². The zero-order valence-corrected chi connectivity index (χ0v) is 19.0. The summed E-state index contributed by atoms with van der Waals surface area (Å²) in [6.45, 7) is 5.53. The molecule has 0 saturated carbocycles. The van der Waals surface area contributed by atoms with E-state index in [9.17, 15) is 29.4 Å². The molecule has 0 saturated heterocycles. The monoisotopic (exact) mass is 460 g/mol. The molecular formula is C27H24O7. The first-order valence-electron chi connectivity index (χ1n) is 10.6. The van der Waals surface area contributed by atoms with Crippen LogP contribution < -0.4 is 0 Å². The van der Waals surface area contributed by atoms with Crippen LogP contribution in [0.1, 0.15) is 56.9 Å². The van der Waals surface area contributed by atoms with Crippen LogP contribution in [0.4, 0.5) is 0 Å². The highest BCUT2D eigenvalue weighted by atomic mass is 16.5. The third-order valence-corrected chi connectivity index (χ3v) is 5.24. The van der Waals surface area contributed by atoms with Crippen LogP contribution in [0.15, 0.2) is 71.8 Å². The Morgan fingerprint density at radius 2 is 1.56 bits per heavy atom. The standard InChI is InChI=1S/C27H24O7/c1-15(2)4-12-23(34-24(32)13-11-19(28)17-7-5-16(3)6-8-17)18-14-22(31)25-20(29)9-10-21(30)26(25)27(18)33/h4-11,13-14,23,29-30H,12H2,1-3H3/b13-11-/t23-/m1/s1. The molecule has 0 radical (unpaired) electrons. The van der Waals surface area contributed by atoms with Crippen molar-refractivity contribution in [2.24, 2.45) is 0 Å². The Labute approximate surface area is 196 Å². The first-order chi connectivity index (χ1) is 16.1. The van der Waals surface area contributed by atoms with Crippen molar-refractivity contribution in [3.63, 3.8) is 0 Å². The SMILES string of the molecule is CC(C)=CC[C@@H](OC(=O)/C=C\C(=O)c1ccc(C)cc1)C1=CC(=O)c2c(O)ccc(O)c2C1=O. The average molecular weight is 460 g/mol. The van der Waals surface area contributed by atoms with Gasteiger partial charge in [0.15, 0.2) is 17.3 Å². The number of esters is 1. The number of rotatable bonds is 7. The average Bonchev–Trinajstić information content (AvgIpc) is 2.79. The Kier molecular flexibility index (Phi) is 7.26. The van der Waals surface area contributed by atoms with Gasteiger partial charge in [0.1, 0.15) is 17.6 Å². The normalized spacial score (nSPS) is 13.8. The number of carbonyl (C=O) groups excluding carboxylic acids is 4. The van der Waals surface area contributed by atoms with Crippen molar-refractivity contribution in [3.8, 4) is 11.5 Å². The summed E-state index contributed by atoms with van der Waals surface area (Å²) in [7, 11) is 0. The Balaban J connectivity index is 1.87. The quantitative estimate of drug-likeness (QED) is 0.206. The minimum atomic E-state index is -1.15. The van der Waals surface area contributed by atoms with Gasteiger partial charge in [-0.15, -0.1) is 0 Å². The molecule has 0 fully saturated rings. The number of aryl methyl sites for hydroxylation is 1. The third kappa shape index (κ3) is 5.38. The van der Waals surface area contributed by atoms with Gasteiger partial charge in [-0.05, 0) is 45.1 Å². The predicted molar refractivity (Wildman–Crippen MR) is 125 cm³/mol. The molecule has 2 aromatic rings. The van der Waals surface area contributed by atoms with E-state index in [1.54, 1.807) is 30.3 Å². The van der Waals surface area contributed by atoms with Crippen molar-refractivity contribution < 1.29 is 34.1 Å². The first-order valence-corrected chi connectivity index (χ1v) is 10.6. The molecule has 0 spiro atoms. The molecule has 1 atom stereocenters. The second kappa shape index (κ2) is 10.1. The van der Waals surface area contributed by atoms with Gasteiger partial charge in [-0.3, -0.25) is 14.4 Å². The maximum atomic E-state index is 13.1. The maximum Gasteiger partial charge on any atom is 0.331 e. The lowest BCUT2D eigenvalue weighted by Gasteiger charge is -2.23. The number of ketones is 3. The van der Waals surface area contributed by atoms with Gasteiger partial charge in [0.05, 0.1) is 11.1 Å². The van der Waals surface area contributed by atoms with E-state index < -0.39 is 40.9 Å². The summed E-state index contributed by atoms with van der Waals surface area (Å²) in [6, 6.07) is 9.06. The van der Waals surface area contributed by atoms with Gasteiger partial charge in [-0.2, -0.15) is 0 Å². The Morgan fingerprint density at radius 1 is 0.941 bits per heavy atom. The zero-order valence-electron chi connectivity index (χ0n) is 19.0.